The molecule has 1 amide bonds. The van der Waals surface area contributed by atoms with Gasteiger partial charge in [0.25, 0.3) is 11.8 Å². The number of carbonyl (C=O) groups excluding carboxylic acids is 2. The van der Waals surface area contributed by atoms with Crippen LogP contribution in [0.1, 0.15) is 26.3 Å². The van der Waals surface area contributed by atoms with Gasteiger partial charge < -0.3 is 20.5 Å². The number of nitrogens with zero attached hydrogens (tertiary/aromatic N) is 1. The van der Waals surface area contributed by atoms with Gasteiger partial charge in [-0.25, -0.2) is 0 Å². The summed E-state index contributed by atoms with van der Waals surface area (Å²) in [6.45, 7) is 1.86. The van der Waals surface area contributed by atoms with E-state index in [0.29, 0.717) is 38.7 Å². The average molecular weight is 464 g/mol. The molecule has 1 aromatic heterocycles. The molecule has 0 fully saturated rings. The van der Waals surface area contributed by atoms with Crippen molar-refractivity contribution in [3.05, 3.63) is 82.4 Å². The Morgan fingerprint density at radius 2 is 1.70 bits per heavy atom. The van der Waals surface area contributed by atoms with Crippen molar-refractivity contribution in [2.75, 3.05) is 25.3 Å². The first-order chi connectivity index (χ1) is 15.8. The molecule has 0 aliphatic carbocycles. The molecule has 4 aromatic rings. The number of fused-ring (bicyclic) bond motifs is 1. The van der Waals surface area contributed by atoms with E-state index in [0.717, 1.165) is 5.56 Å². The minimum absolute atomic E-state index is 0.0353. The van der Waals surface area contributed by atoms with Crippen LogP contribution in [-0.4, -0.2) is 30.6 Å². The maximum absolute atomic E-state index is 13.5. The Bertz CT molecular complexity index is 1390. The van der Waals surface area contributed by atoms with Crippen molar-refractivity contribution in [1.29, 1.82) is 0 Å². The highest BCUT2D eigenvalue weighted by Crippen LogP contribution is 2.33. The van der Waals surface area contributed by atoms with Gasteiger partial charge in [0.2, 0.25) is 0 Å². The first kappa shape index (κ1) is 22.2. The first-order valence-electron chi connectivity index (χ1n) is 10.1. The minimum atomic E-state index is -0.437. The van der Waals surface area contributed by atoms with Crippen molar-refractivity contribution in [3.63, 3.8) is 0 Å². The topological polar surface area (TPSA) is 95.6 Å². The smallest absolute Gasteiger partial charge is 0.264 e. The fourth-order valence-corrected chi connectivity index (χ4v) is 3.90. The van der Waals surface area contributed by atoms with Gasteiger partial charge in [-0.15, -0.1) is 0 Å². The molecule has 0 saturated carbocycles. The van der Waals surface area contributed by atoms with Crippen molar-refractivity contribution in [2.45, 2.75) is 6.92 Å². The molecule has 3 aromatic carbocycles. The number of hydrogen-bond acceptors (Lipinski definition) is 5. The fourth-order valence-electron chi connectivity index (χ4n) is 3.73. The maximum atomic E-state index is 13.5. The zero-order chi connectivity index (χ0) is 23.7. The highest BCUT2D eigenvalue weighted by atomic mass is 35.5. The fraction of sp³-hybridized carbons (Fsp3) is 0.120. The third kappa shape index (κ3) is 3.99. The van der Waals surface area contributed by atoms with Crippen molar-refractivity contribution in [2.24, 2.45) is 0 Å². The summed E-state index contributed by atoms with van der Waals surface area (Å²) in [6.07, 6.45) is 0. The molecule has 0 saturated heterocycles. The van der Waals surface area contributed by atoms with Gasteiger partial charge in [-0.3, -0.25) is 14.2 Å². The SMILES string of the molecule is COc1ccc(C(=O)n2c(N)c(C(=O)Nc3cc(Cl)ccc3C)c3ccccc32)cc1OC. The van der Waals surface area contributed by atoms with Gasteiger partial charge in [-0.2, -0.15) is 0 Å². The van der Waals surface area contributed by atoms with Gasteiger partial charge in [-0.1, -0.05) is 35.9 Å². The minimum Gasteiger partial charge on any atom is -0.493 e. The molecule has 4 rings (SSSR count). The van der Waals surface area contributed by atoms with E-state index in [1.54, 1.807) is 54.6 Å². The monoisotopic (exact) mass is 463 g/mol. The average Bonchev–Trinajstić information content (AvgIpc) is 3.12. The molecule has 3 N–H and O–H groups in total. The second kappa shape index (κ2) is 8.88. The quantitative estimate of drug-likeness (QED) is 0.427. The Hall–Kier alpha value is -3.97. The number of ether oxygens (including phenoxy) is 2. The molecule has 0 bridgehead atoms. The number of nitrogen functional groups attached to an aromatic ring is 1. The van der Waals surface area contributed by atoms with Gasteiger partial charge in [0.05, 0.1) is 25.3 Å². The predicted molar refractivity (Wildman–Crippen MR) is 130 cm³/mol. The van der Waals surface area contributed by atoms with Crippen LogP contribution >= 0.6 is 11.6 Å². The van der Waals surface area contributed by atoms with Gasteiger partial charge >= 0.3 is 0 Å². The number of aryl methyl sites for hydroxylation is 1. The molecule has 0 spiro atoms. The summed E-state index contributed by atoms with van der Waals surface area (Å²) in [5, 5.41) is 3.91. The summed E-state index contributed by atoms with van der Waals surface area (Å²) in [4.78, 5) is 26.8. The van der Waals surface area contributed by atoms with Gasteiger partial charge in [0, 0.05) is 21.7 Å². The van der Waals surface area contributed by atoms with Crippen LogP contribution in [0.15, 0.2) is 60.7 Å². The van der Waals surface area contributed by atoms with Gasteiger partial charge in [0.15, 0.2) is 11.5 Å². The highest BCUT2D eigenvalue weighted by Gasteiger charge is 2.25. The number of aromatic nitrogens is 1. The Balaban J connectivity index is 1.82. The van der Waals surface area contributed by atoms with E-state index in [9.17, 15) is 9.59 Å². The lowest BCUT2D eigenvalue weighted by molar-refractivity contribution is 0.0967. The number of para-hydroxylation sites is 1. The Labute approximate surface area is 195 Å². The number of amides is 1. The Morgan fingerprint density at radius 1 is 0.970 bits per heavy atom. The molecule has 7 nitrogen and oxygen atoms in total. The van der Waals surface area contributed by atoms with Crippen molar-refractivity contribution < 1.29 is 19.1 Å². The molecule has 0 atom stereocenters. The molecule has 168 valence electrons. The van der Waals surface area contributed by atoms with E-state index >= 15 is 0 Å². The van der Waals surface area contributed by atoms with E-state index in [-0.39, 0.29) is 11.4 Å². The van der Waals surface area contributed by atoms with Crippen LogP contribution in [0.5, 0.6) is 11.5 Å². The van der Waals surface area contributed by atoms with Crippen LogP contribution < -0.4 is 20.5 Å². The number of rotatable bonds is 5. The lowest BCUT2D eigenvalue weighted by Gasteiger charge is -2.11. The molecule has 33 heavy (non-hydrogen) atoms. The summed E-state index contributed by atoms with van der Waals surface area (Å²) < 4.78 is 11.9. The van der Waals surface area contributed by atoms with E-state index in [1.807, 2.05) is 13.0 Å². The maximum Gasteiger partial charge on any atom is 0.264 e. The second-order valence-corrected chi connectivity index (χ2v) is 7.84. The summed E-state index contributed by atoms with van der Waals surface area (Å²) in [6, 6.07) is 17.1. The molecule has 0 unspecified atom stereocenters. The van der Waals surface area contributed by atoms with Crippen LogP contribution in [0.4, 0.5) is 11.5 Å². The van der Waals surface area contributed by atoms with Crippen LogP contribution in [0, 0.1) is 6.92 Å². The number of anilines is 2. The number of nitrogens with one attached hydrogen (secondary N) is 1. The number of nitrogens with two attached hydrogens (primary N) is 1. The van der Waals surface area contributed by atoms with Gasteiger partial charge in [0.1, 0.15) is 5.82 Å². The van der Waals surface area contributed by atoms with Crippen molar-refractivity contribution in [3.8, 4) is 11.5 Å². The molecule has 8 heteroatoms. The van der Waals surface area contributed by atoms with E-state index in [1.165, 1.54) is 18.8 Å². The number of halogens is 1. The standard InChI is InChI=1S/C25H22ClN3O4/c1-14-8-10-16(26)13-18(14)28-24(30)22-17-6-4-5-7-19(17)29(23(22)27)25(31)15-9-11-20(32-2)21(12-15)33-3/h4-13H,27H2,1-3H3,(H,28,30). The Morgan fingerprint density at radius 3 is 2.42 bits per heavy atom. The lowest BCUT2D eigenvalue weighted by Crippen LogP contribution is -2.18. The van der Waals surface area contributed by atoms with E-state index in [4.69, 9.17) is 26.8 Å². The largest absolute Gasteiger partial charge is 0.493 e. The Kier molecular flexibility index (Phi) is 5.98. The number of benzene rings is 3. The molecular formula is C25H22ClN3O4. The number of methoxy groups -OCH3 is 2. The molecule has 0 aliphatic heterocycles. The second-order valence-electron chi connectivity index (χ2n) is 7.40. The zero-order valence-electron chi connectivity index (χ0n) is 18.3. The third-order valence-electron chi connectivity index (χ3n) is 5.42. The molecular weight excluding hydrogens is 442 g/mol. The van der Waals surface area contributed by atoms with Crippen LogP contribution in [-0.2, 0) is 0 Å². The predicted octanol–water partition coefficient (Wildman–Crippen LogP) is 5.14. The summed E-state index contributed by atoms with van der Waals surface area (Å²) >= 11 is 6.09. The van der Waals surface area contributed by atoms with Crippen molar-refractivity contribution in [1.82, 2.24) is 4.57 Å². The lowest BCUT2D eigenvalue weighted by atomic mass is 10.1. The molecule has 1 heterocycles. The summed E-state index contributed by atoms with van der Waals surface area (Å²) in [7, 11) is 3.01. The highest BCUT2D eigenvalue weighted by molar-refractivity contribution is 6.31. The number of hydrogen-bond donors (Lipinski definition) is 2. The third-order valence-corrected chi connectivity index (χ3v) is 5.65. The summed E-state index contributed by atoms with van der Waals surface area (Å²) in [5.74, 6) is 0.104. The first-order valence-corrected chi connectivity index (χ1v) is 10.5. The molecule has 0 aliphatic rings. The van der Waals surface area contributed by atoms with Crippen molar-refractivity contribution >= 4 is 45.8 Å². The summed E-state index contributed by atoms with van der Waals surface area (Å²) in [5.41, 5.74) is 8.87. The van der Waals surface area contributed by atoms with E-state index < -0.39 is 11.8 Å². The van der Waals surface area contributed by atoms with Crippen LogP contribution in [0.2, 0.25) is 5.02 Å². The molecule has 0 radical (unpaired) electrons. The van der Waals surface area contributed by atoms with Gasteiger partial charge in [-0.05, 0) is 48.9 Å². The normalized spacial score (nSPS) is 10.8. The van der Waals surface area contributed by atoms with E-state index in [2.05, 4.69) is 5.32 Å². The van der Waals surface area contributed by atoms with Crippen LogP contribution in [0.25, 0.3) is 10.9 Å². The zero-order valence-corrected chi connectivity index (χ0v) is 19.1. The van der Waals surface area contributed by atoms with Crippen LogP contribution in [0.3, 0.4) is 0 Å². The number of carbonyl (C=O) groups is 2.